The van der Waals surface area contributed by atoms with E-state index in [-0.39, 0.29) is 0 Å². The van der Waals surface area contributed by atoms with Crippen LogP contribution in [0.15, 0.2) is 6.07 Å². The molecule has 2 heterocycles. The highest BCUT2D eigenvalue weighted by molar-refractivity contribution is 5.05. The van der Waals surface area contributed by atoms with Crippen LogP contribution in [0, 0.1) is 20.8 Å². The van der Waals surface area contributed by atoms with Gasteiger partial charge in [0.1, 0.15) is 5.69 Å². The lowest BCUT2D eigenvalue weighted by Crippen LogP contribution is -2.40. The number of nitrogens with two attached hydrogens (primary N) is 1. The first kappa shape index (κ1) is 8.74. The highest BCUT2D eigenvalue weighted by Crippen LogP contribution is 1.99. The average molecular weight is 193 g/mol. The van der Waals surface area contributed by atoms with Gasteiger partial charge in [0.25, 0.3) is 0 Å². The molecular weight excluding hydrogens is 180 g/mol. The van der Waals surface area contributed by atoms with E-state index >= 15 is 0 Å². The molecular formula is C8H13N6+. The van der Waals surface area contributed by atoms with Crippen molar-refractivity contribution in [2.75, 3.05) is 5.84 Å². The summed E-state index contributed by atoms with van der Waals surface area (Å²) in [5, 5.41) is 11.0. The SMILES string of the molecule is Cc1cc(C)[n+](-c2nnc(C)n2N)[nH]1. The van der Waals surface area contributed by atoms with Crippen molar-refractivity contribution < 1.29 is 4.68 Å². The van der Waals surface area contributed by atoms with Crippen LogP contribution in [0.25, 0.3) is 5.95 Å². The number of aryl methyl sites for hydroxylation is 3. The summed E-state index contributed by atoms with van der Waals surface area (Å²) in [5.41, 5.74) is 2.10. The summed E-state index contributed by atoms with van der Waals surface area (Å²) in [5.74, 6) is 7.03. The molecule has 6 heteroatoms. The second kappa shape index (κ2) is 2.83. The van der Waals surface area contributed by atoms with Crippen LogP contribution in [0.4, 0.5) is 0 Å². The Morgan fingerprint density at radius 1 is 1.36 bits per heavy atom. The van der Waals surface area contributed by atoms with Gasteiger partial charge in [-0.05, 0) is 25.0 Å². The Balaban J connectivity index is 2.59. The third kappa shape index (κ3) is 1.15. The molecule has 6 nitrogen and oxygen atoms in total. The number of nitrogens with zero attached hydrogens (tertiary/aromatic N) is 4. The fourth-order valence-electron chi connectivity index (χ4n) is 1.39. The molecule has 3 N–H and O–H groups in total. The summed E-state index contributed by atoms with van der Waals surface area (Å²) < 4.78 is 3.25. The molecule has 14 heavy (non-hydrogen) atoms. The van der Waals surface area contributed by atoms with Gasteiger partial charge in [0, 0.05) is 12.6 Å². The second-order valence-electron chi connectivity index (χ2n) is 3.33. The quantitative estimate of drug-likeness (QED) is 0.474. The molecule has 2 aromatic heterocycles. The number of aromatic amines is 1. The van der Waals surface area contributed by atoms with Crippen molar-refractivity contribution in [3.8, 4) is 5.95 Å². The summed E-state index contributed by atoms with van der Waals surface area (Å²) in [4.78, 5) is 0. The summed E-state index contributed by atoms with van der Waals surface area (Å²) in [6, 6.07) is 2.02. The predicted molar refractivity (Wildman–Crippen MR) is 50.3 cm³/mol. The highest BCUT2D eigenvalue weighted by Gasteiger charge is 2.20. The highest BCUT2D eigenvalue weighted by atomic mass is 15.5. The van der Waals surface area contributed by atoms with Crippen LogP contribution in [-0.4, -0.2) is 20.0 Å². The van der Waals surface area contributed by atoms with Gasteiger partial charge in [-0.3, -0.25) is 5.84 Å². The Bertz CT molecular complexity index is 466. The molecule has 0 unspecified atom stereocenters. The molecule has 0 radical (unpaired) electrons. The van der Waals surface area contributed by atoms with E-state index in [1.165, 1.54) is 4.68 Å². The zero-order valence-electron chi connectivity index (χ0n) is 8.44. The lowest BCUT2D eigenvalue weighted by Gasteiger charge is -1.94. The predicted octanol–water partition coefficient (Wildman–Crippen LogP) is -0.478. The molecule has 0 aliphatic heterocycles. The molecule has 2 rings (SSSR count). The van der Waals surface area contributed by atoms with E-state index in [0.717, 1.165) is 11.4 Å². The number of hydrogen-bond acceptors (Lipinski definition) is 3. The molecule has 74 valence electrons. The van der Waals surface area contributed by atoms with Gasteiger partial charge in [-0.2, -0.15) is 0 Å². The van der Waals surface area contributed by atoms with Crippen molar-refractivity contribution in [3.63, 3.8) is 0 Å². The van der Waals surface area contributed by atoms with Gasteiger partial charge in [-0.1, -0.05) is 0 Å². The molecule has 0 saturated carbocycles. The molecule has 0 atom stereocenters. The molecule has 0 aliphatic rings. The van der Waals surface area contributed by atoms with Gasteiger partial charge in [0.05, 0.1) is 5.10 Å². The van der Waals surface area contributed by atoms with Crippen LogP contribution in [0.3, 0.4) is 0 Å². The Kier molecular flexibility index (Phi) is 1.77. The van der Waals surface area contributed by atoms with Crippen LogP contribution in [0.1, 0.15) is 17.2 Å². The van der Waals surface area contributed by atoms with Crippen LogP contribution >= 0.6 is 0 Å². The van der Waals surface area contributed by atoms with E-state index in [1.54, 1.807) is 4.68 Å². The first-order valence-corrected chi connectivity index (χ1v) is 4.35. The van der Waals surface area contributed by atoms with E-state index in [4.69, 9.17) is 5.84 Å². The minimum Gasteiger partial charge on any atom is -0.287 e. The van der Waals surface area contributed by atoms with Crippen LogP contribution in [0.2, 0.25) is 0 Å². The maximum atomic E-state index is 5.76. The summed E-state index contributed by atoms with van der Waals surface area (Å²) in [6.07, 6.45) is 0. The largest absolute Gasteiger partial charge is 0.467 e. The minimum absolute atomic E-state index is 0.591. The first-order valence-electron chi connectivity index (χ1n) is 4.35. The topological polar surface area (TPSA) is 76.4 Å². The number of nitrogens with one attached hydrogen (secondary N) is 1. The Morgan fingerprint density at radius 3 is 2.50 bits per heavy atom. The van der Waals surface area contributed by atoms with Crippen molar-refractivity contribution in [2.45, 2.75) is 20.8 Å². The van der Waals surface area contributed by atoms with E-state index < -0.39 is 0 Å². The van der Waals surface area contributed by atoms with E-state index in [9.17, 15) is 0 Å². The van der Waals surface area contributed by atoms with Gasteiger partial charge in [0.15, 0.2) is 0 Å². The summed E-state index contributed by atoms with van der Waals surface area (Å²) >= 11 is 0. The zero-order chi connectivity index (χ0) is 10.3. The first-order chi connectivity index (χ1) is 6.59. The lowest BCUT2D eigenvalue weighted by atomic mass is 10.4. The number of nitrogen functional groups attached to an aromatic ring is 1. The van der Waals surface area contributed by atoms with Gasteiger partial charge in [-0.15, -0.1) is 9.36 Å². The van der Waals surface area contributed by atoms with Crippen molar-refractivity contribution in [1.29, 1.82) is 0 Å². The molecule has 0 aliphatic carbocycles. The molecule has 2 aromatic rings. The second-order valence-corrected chi connectivity index (χ2v) is 3.33. The normalized spacial score (nSPS) is 10.8. The van der Waals surface area contributed by atoms with Crippen molar-refractivity contribution in [3.05, 3.63) is 23.3 Å². The Morgan fingerprint density at radius 2 is 2.07 bits per heavy atom. The van der Waals surface area contributed by atoms with Gasteiger partial charge < -0.3 is 0 Å². The molecule has 0 spiro atoms. The van der Waals surface area contributed by atoms with Crippen LogP contribution in [0.5, 0.6) is 0 Å². The van der Waals surface area contributed by atoms with E-state index in [1.807, 2.05) is 26.8 Å². The standard InChI is InChI=1S/C8H12N6/c1-5-4-6(2)14(12-5)8-11-10-7(3)13(8)9/h4H,9H2,1-3H3/p+1. The number of H-pyrrole nitrogens is 1. The lowest BCUT2D eigenvalue weighted by molar-refractivity contribution is -0.670. The third-order valence-electron chi connectivity index (χ3n) is 2.11. The zero-order valence-corrected chi connectivity index (χ0v) is 8.44. The Labute approximate surface area is 81.3 Å². The van der Waals surface area contributed by atoms with Gasteiger partial charge in [0.2, 0.25) is 5.82 Å². The fraction of sp³-hybridized carbons (Fsp3) is 0.375. The minimum atomic E-state index is 0.591. The van der Waals surface area contributed by atoms with E-state index in [0.29, 0.717) is 11.8 Å². The molecule has 0 bridgehead atoms. The fourth-order valence-corrected chi connectivity index (χ4v) is 1.39. The van der Waals surface area contributed by atoms with Gasteiger partial charge >= 0.3 is 5.95 Å². The maximum absolute atomic E-state index is 5.76. The molecule has 0 fully saturated rings. The maximum Gasteiger partial charge on any atom is 0.467 e. The number of hydrogen-bond donors (Lipinski definition) is 2. The number of aromatic nitrogens is 5. The smallest absolute Gasteiger partial charge is 0.287 e. The Hall–Kier alpha value is -1.85. The third-order valence-corrected chi connectivity index (χ3v) is 2.11. The number of rotatable bonds is 1. The van der Waals surface area contributed by atoms with Crippen LogP contribution < -0.4 is 10.5 Å². The van der Waals surface area contributed by atoms with Crippen molar-refractivity contribution >= 4 is 0 Å². The van der Waals surface area contributed by atoms with Crippen molar-refractivity contribution in [1.82, 2.24) is 20.0 Å². The molecule has 0 aromatic carbocycles. The monoisotopic (exact) mass is 193 g/mol. The van der Waals surface area contributed by atoms with Crippen LogP contribution in [-0.2, 0) is 0 Å². The summed E-state index contributed by atoms with van der Waals surface area (Å²) in [6.45, 7) is 5.77. The molecule has 0 saturated heterocycles. The summed E-state index contributed by atoms with van der Waals surface area (Å²) in [7, 11) is 0. The average Bonchev–Trinajstić information content (AvgIpc) is 2.59. The van der Waals surface area contributed by atoms with Crippen molar-refractivity contribution in [2.24, 2.45) is 0 Å². The van der Waals surface area contributed by atoms with Gasteiger partial charge in [-0.25, -0.2) is 5.10 Å². The molecule has 0 amide bonds. The van der Waals surface area contributed by atoms with E-state index in [2.05, 4.69) is 15.3 Å².